The van der Waals surface area contributed by atoms with E-state index in [0.717, 1.165) is 0 Å². The number of amides is 1. The van der Waals surface area contributed by atoms with Gasteiger partial charge in [0.05, 0.1) is 11.6 Å². The van der Waals surface area contributed by atoms with E-state index in [2.05, 4.69) is 5.32 Å². The average Bonchev–Trinajstić information content (AvgIpc) is 1.89. The second-order valence-electron chi connectivity index (χ2n) is 1.32. The van der Waals surface area contributed by atoms with Crippen LogP contribution in [0.5, 0.6) is 0 Å². The summed E-state index contributed by atoms with van der Waals surface area (Å²) in [5.41, 5.74) is 1.93. The van der Waals surface area contributed by atoms with Crippen molar-refractivity contribution in [2.24, 2.45) is 0 Å². The van der Waals surface area contributed by atoms with Gasteiger partial charge in [0.15, 0.2) is 0 Å². The Labute approximate surface area is 58.0 Å². The second-order valence-corrected chi connectivity index (χ2v) is 2.31. The molecule has 0 rings (SSSR count). The van der Waals surface area contributed by atoms with Crippen LogP contribution in [0.1, 0.15) is 0 Å². The molecule has 0 atom stereocenters. The topological polar surface area (TPSA) is 61.4 Å². The number of carbonyl (C=O) groups excluding carboxylic acids is 1. The normalized spacial score (nSPS) is 9.11. The lowest BCUT2D eigenvalue weighted by atomic mass is 10.7. The van der Waals surface area contributed by atoms with Crippen molar-refractivity contribution in [2.45, 2.75) is 0 Å². The molecule has 0 fully saturated rings. The quantitative estimate of drug-likeness (QED) is 0.284. The van der Waals surface area contributed by atoms with E-state index in [0.29, 0.717) is 11.6 Å². The Morgan fingerprint density at radius 3 is 2.89 bits per heavy atom. The minimum Gasteiger partial charge on any atom is -0.358 e. The Bertz CT molecular complexity index is 88.6. The standard InChI is InChI=1S/C4H10N2O2S/c1-5-4(7)2-9-3-6-8/h6,8H,2-3H2,1H3,(H,5,7). The number of hydrogen-bond donors (Lipinski definition) is 3. The van der Waals surface area contributed by atoms with Gasteiger partial charge >= 0.3 is 0 Å². The summed E-state index contributed by atoms with van der Waals surface area (Å²) in [6, 6.07) is 0. The largest absolute Gasteiger partial charge is 0.358 e. The molecule has 0 heterocycles. The van der Waals surface area contributed by atoms with Crippen molar-refractivity contribution in [3.05, 3.63) is 0 Å². The molecule has 0 aromatic heterocycles. The summed E-state index contributed by atoms with van der Waals surface area (Å²) < 4.78 is 0. The molecule has 9 heavy (non-hydrogen) atoms. The summed E-state index contributed by atoms with van der Waals surface area (Å²) in [5, 5.41) is 10.5. The van der Waals surface area contributed by atoms with Crippen LogP contribution < -0.4 is 10.8 Å². The number of thioether (sulfide) groups is 1. The first-order valence-electron chi connectivity index (χ1n) is 2.46. The highest BCUT2D eigenvalue weighted by Gasteiger charge is 1.94. The fourth-order valence-electron chi connectivity index (χ4n) is 0.262. The van der Waals surface area contributed by atoms with Crippen LogP contribution in [0.2, 0.25) is 0 Å². The van der Waals surface area contributed by atoms with Crippen LogP contribution in [-0.4, -0.2) is 29.8 Å². The Balaban J connectivity index is 2.97. The van der Waals surface area contributed by atoms with Crippen LogP contribution in [0.25, 0.3) is 0 Å². The van der Waals surface area contributed by atoms with Gasteiger partial charge in [0.1, 0.15) is 0 Å². The van der Waals surface area contributed by atoms with Gasteiger partial charge in [-0.05, 0) is 0 Å². The summed E-state index contributed by atoms with van der Waals surface area (Å²) in [7, 11) is 1.58. The highest BCUT2D eigenvalue weighted by atomic mass is 32.2. The van der Waals surface area contributed by atoms with Crippen LogP contribution in [0, 0.1) is 0 Å². The highest BCUT2D eigenvalue weighted by molar-refractivity contribution is 7.99. The maximum absolute atomic E-state index is 10.4. The summed E-state index contributed by atoms with van der Waals surface area (Å²) >= 11 is 1.31. The van der Waals surface area contributed by atoms with E-state index >= 15 is 0 Å². The van der Waals surface area contributed by atoms with Gasteiger partial charge in [0, 0.05) is 7.05 Å². The van der Waals surface area contributed by atoms with Crippen molar-refractivity contribution < 1.29 is 10.0 Å². The monoisotopic (exact) mass is 150 g/mol. The van der Waals surface area contributed by atoms with Crippen LogP contribution >= 0.6 is 11.8 Å². The van der Waals surface area contributed by atoms with Crippen LogP contribution in [0.3, 0.4) is 0 Å². The van der Waals surface area contributed by atoms with E-state index in [1.165, 1.54) is 11.8 Å². The molecule has 0 aromatic rings. The summed E-state index contributed by atoms with van der Waals surface area (Å²) in [5.74, 6) is 0.729. The summed E-state index contributed by atoms with van der Waals surface area (Å²) in [6.45, 7) is 0. The van der Waals surface area contributed by atoms with Gasteiger partial charge in [-0.15, -0.1) is 11.8 Å². The second kappa shape index (κ2) is 5.87. The SMILES string of the molecule is CNC(=O)CSCNO. The van der Waals surface area contributed by atoms with Crippen molar-refractivity contribution in [3.8, 4) is 0 Å². The molecule has 0 unspecified atom stereocenters. The number of hydrogen-bond acceptors (Lipinski definition) is 4. The van der Waals surface area contributed by atoms with Crippen LogP contribution in [0.4, 0.5) is 0 Å². The Morgan fingerprint density at radius 2 is 2.44 bits per heavy atom. The van der Waals surface area contributed by atoms with Crippen molar-refractivity contribution in [2.75, 3.05) is 18.7 Å². The fraction of sp³-hybridized carbons (Fsp3) is 0.750. The van der Waals surface area contributed by atoms with E-state index in [-0.39, 0.29) is 5.91 Å². The van der Waals surface area contributed by atoms with E-state index in [1.54, 1.807) is 7.05 Å². The molecule has 5 heteroatoms. The molecule has 0 bridgehead atoms. The molecule has 0 radical (unpaired) electrons. The van der Waals surface area contributed by atoms with Crippen molar-refractivity contribution in [3.63, 3.8) is 0 Å². The molecule has 0 aliphatic rings. The first kappa shape index (κ1) is 8.74. The van der Waals surface area contributed by atoms with Gasteiger partial charge < -0.3 is 10.5 Å². The lowest BCUT2D eigenvalue weighted by Crippen LogP contribution is -2.21. The Morgan fingerprint density at radius 1 is 1.78 bits per heavy atom. The fourth-order valence-corrected chi connectivity index (χ4v) is 0.785. The van der Waals surface area contributed by atoms with Gasteiger partial charge in [-0.25, -0.2) is 0 Å². The maximum atomic E-state index is 10.4. The predicted octanol–water partition coefficient (Wildman–Crippen LogP) is -0.598. The number of nitrogens with one attached hydrogen (secondary N) is 2. The zero-order valence-electron chi connectivity index (χ0n) is 5.18. The number of hydroxylamine groups is 1. The van der Waals surface area contributed by atoms with Crippen LogP contribution in [0.15, 0.2) is 0 Å². The lowest BCUT2D eigenvalue weighted by molar-refractivity contribution is -0.118. The van der Waals surface area contributed by atoms with Gasteiger partial charge in [-0.1, -0.05) is 0 Å². The molecule has 0 aliphatic carbocycles. The third-order valence-corrected chi connectivity index (χ3v) is 1.48. The Hall–Kier alpha value is -0.260. The van der Waals surface area contributed by atoms with Gasteiger partial charge in [-0.3, -0.25) is 4.79 Å². The maximum Gasteiger partial charge on any atom is 0.229 e. The highest BCUT2D eigenvalue weighted by Crippen LogP contribution is 1.93. The average molecular weight is 150 g/mol. The smallest absolute Gasteiger partial charge is 0.229 e. The molecule has 0 aromatic carbocycles. The number of rotatable bonds is 4. The molecular formula is C4H10N2O2S. The Kier molecular flexibility index (Phi) is 5.70. The van der Waals surface area contributed by atoms with E-state index in [4.69, 9.17) is 5.21 Å². The number of carbonyl (C=O) groups is 1. The van der Waals surface area contributed by atoms with Gasteiger partial charge in [0.25, 0.3) is 0 Å². The first-order valence-corrected chi connectivity index (χ1v) is 3.62. The third kappa shape index (κ3) is 5.61. The third-order valence-electron chi connectivity index (χ3n) is 0.679. The zero-order chi connectivity index (χ0) is 7.11. The first-order chi connectivity index (χ1) is 4.31. The molecule has 3 N–H and O–H groups in total. The van der Waals surface area contributed by atoms with Crippen molar-refractivity contribution in [1.29, 1.82) is 0 Å². The molecule has 0 saturated heterocycles. The molecular weight excluding hydrogens is 140 g/mol. The van der Waals surface area contributed by atoms with Gasteiger partial charge in [0.2, 0.25) is 5.91 Å². The van der Waals surface area contributed by atoms with Crippen LogP contribution in [-0.2, 0) is 4.79 Å². The summed E-state index contributed by atoms with van der Waals surface area (Å²) in [6.07, 6.45) is 0. The predicted molar refractivity (Wildman–Crippen MR) is 36.3 cm³/mol. The van der Waals surface area contributed by atoms with Crippen molar-refractivity contribution in [1.82, 2.24) is 10.8 Å². The molecule has 54 valence electrons. The molecule has 0 aliphatic heterocycles. The summed E-state index contributed by atoms with van der Waals surface area (Å²) in [4.78, 5) is 10.4. The molecule has 1 amide bonds. The minimum atomic E-state index is -0.0322. The van der Waals surface area contributed by atoms with Gasteiger partial charge in [-0.2, -0.15) is 5.48 Å². The zero-order valence-corrected chi connectivity index (χ0v) is 5.99. The molecule has 4 nitrogen and oxygen atoms in total. The van der Waals surface area contributed by atoms with Crippen molar-refractivity contribution >= 4 is 17.7 Å². The molecule has 0 saturated carbocycles. The molecule has 0 spiro atoms. The van der Waals surface area contributed by atoms with E-state index in [9.17, 15) is 4.79 Å². The lowest BCUT2D eigenvalue weighted by Gasteiger charge is -1.96. The van der Waals surface area contributed by atoms with E-state index < -0.39 is 0 Å². The minimum absolute atomic E-state index is 0.0322. The van der Waals surface area contributed by atoms with E-state index in [1.807, 2.05) is 5.48 Å².